The highest BCUT2D eigenvalue weighted by molar-refractivity contribution is 6.28. The van der Waals surface area contributed by atoms with Crippen molar-refractivity contribution in [1.82, 2.24) is 19.9 Å². The molecule has 0 radical (unpaired) electrons. The molecule has 7 heteroatoms. The van der Waals surface area contributed by atoms with Crippen LogP contribution in [0.2, 0.25) is 5.28 Å². The van der Waals surface area contributed by atoms with Crippen LogP contribution in [0, 0.1) is 0 Å². The summed E-state index contributed by atoms with van der Waals surface area (Å²) in [6, 6.07) is 1.83. The first-order chi connectivity index (χ1) is 10.3. The molecule has 0 amide bonds. The molecule has 2 aromatic rings. The maximum atomic E-state index is 6.05. The van der Waals surface area contributed by atoms with Crippen LogP contribution in [0.4, 0.5) is 5.95 Å². The minimum Gasteiger partial charge on any atom is -0.495 e. The zero-order chi connectivity index (χ0) is 14.7. The predicted molar refractivity (Wildman–Crippen MR) is 80.7 cm³/mol. The lowest BCUT2D eigenvalue weighted by molar-refractivity contribution is 0.413. The number of halogens is 1. The summed E-state index contributed by atoms with van der Waals surface area (Å²) in [7, 11) is 1.60. The number of aromatic nitrogens is 4. The second-order valence-corrected chi connectivity index (χ2v) is 5.23. The van der Waals surface area contributed by atoms with Gasteiger partial charge in [0.2, 0.25) is 11.2 Å². The fourth-order valence-electron chi connectivity index (χ4n) is 2.36. The molecule has 2 aromatic heterocycles. The van der Waals surface area contributed by atoms with Crippen molar-refractivity contribution in [2.75, 3.05) is 25.1 Å². The van der Waals surface area contributed by atoms with E-state index in [0.717, 1.165) is 31.5 Å². The number of hydrogen-bond acceptors (Lipinski definition) is 6. The number of ether oxygens (including phenoxy) is 1. The molecule has 3 heterocycles. The Labute approximate surface area is 128 Å². The van der Waals surface area contributed by atoms with E-state index in [-0.39, 0.29) is 5.28 Å². The molecule has 0 aromatic carbocycles. The first kappa shape index (κ1) is 14.0. The molecule has 3 rings (SSSR count). The minimum absolute atomic E-state index is 0.198. The number of methoxy groups -OCH3 is 1. The second kappa shape index (κ2) is 6.22. The van der Waals surface area contributed by atoms with Gasteiger partial charge in [0.1, 0.15) is 5.75 Å². The molecule has 1 fully saturated rings. The molecule has 1 saturated heterocycles. The van der Waals surface area contributed by atoms with Crippen molar-refractivity contribution >= 4 is 17.5 Å². The van der Waals surface area contributed by atoms with Gasteiger partial charge in [-0.1, -0.05) is 0 Å². The van der Waals surface area contributed by atoms with E-state index in [4.69, 9.17) is 16.3 Å². The third-order valence-electron chi connectivity index (χ3n) is 3.44. The maximum Gasteiger partial charge on any atom is 0.230 e. The molecule has 21 heavy (non-hydrogen) atoms. The van der Waals surface area contributed by atoms with Crippen LogP contribution < -0.4 is 9.64 Å². The van der Waals surface area contributed by atoms with Crippen molar-refractivity contribution in [2.24, 2.45) is 0 Å². The van der Waals surface area contributed by atoms with E-state index in [1.165, 1.54) is 6.42 Å². The summed E-state index contributed by atoms with van der Waals surface area (Å²) < 4.78 is 5.18. The highest BCUT2D eigenvalue weighted by Gasteiger charge is 2.16. The van der Waals surface area contributed by atoms with Crippen LogP contribution in [0.1, 0.15) is 19.3 Å². The van der Waals surface area contributed by atoms with E-state index >= 15 is 0 Å². The van der Waals surface area contributed by atoms with E-state index in [9.17, 15) is 0 Å². The van der Waals surface area contributed by atoms with Crippen LogP contribution in [0.3, 0.4) is 0 Å². The molecule has 0 spiro atoms. The topological polar surface area (TPSA) is 64.0 Å². The number of pyridine rings is 1. The van der Waals surface area contributed by atoms with Gasteiger partial charge in [-0.2, -0.15) is 15.0 Å². The molecule has 0 bridgehead atoms. The smallest absolute Gasteiger partial charge is 0.230 e. The highest BCUT2D eigenvalue weighted by atomic mass is 35.5. The Bertz CT molecular complexity index is 631. The van der Waals surface area contributed by atoms with Crippen LogP contribution >= 0.6 is 11.6 Å². The summed E-state index contributed by atoms with van der Waals surface area (Å²) in [6.45, 7) is 1.91. The maximum absolute atomic E-state index is 6.05. The molecule has 0 unspecified atom stereocenters. The molecular weight excluding hydrogens is 290 g/mol. The van der Waals surface area contributed by atoms with E-state index in [0.29, 0.717) is 17.5 Å². The van der Waals surface area contributed by atoms with E-state index in [1.54, 1.807) is 19.5 Å². The van der Waals surface area contributed by atoms with Crippen LogP contribution in [-0.2, 0) is 0 Å². The van der Waals surface area contributed by atoms with Crippen molar-refractivity contribution < 1.29 is 4.74 Å². The van der Waals surface area contributed by atoms with Gasteiger partial charge in [-0.05, 0) is 36.9 Å². The lowest BCUT2D eigenvalue weighted by Gasteiger charge is -2.26. The number of piperidine rings is 1. The summed E-state index contributed by atoms with van der Waals surface area (Å²) in [5.74, 6) is 1.80. The Kier molecular flexibility index (Phi) is 4.15. The molecule has 110 valence electrons. The summed E-state index contributed by atoms with van der Waals surface area (Å²) >= 11 is 6.05. The average molecular weight is 306 g/mol. The van der Waals surface area contributed by atoms with Crippen LogP contribution in [-0.4, -0.2) is 40.1 Å². The summed E-state index contributed by atoms with van der Waals surface area (Å²) in [5.41, 5.74) is 0.761. The predicted octanol–water partition coefficient (Wildman–Crippen LogP) is 2.59. The Morgan fingerprint density at radius 2 is 1.90 bits per heavy atom. The van der Waals surface area contributed by atoms with Crippen molar-refractivity contribution in [1.29, 1.82) is 0 Å². The normalized spacial score (nSPS) is 15.0. The fraction of sp³-hybridized carbons (Fsp3) is 0.429. The van der Waals surface area contributed by atoms with E-state index < -0.39 is 0 Å². The van der Waals surface area contributed by atoms with Gasteiger partial charge in [0, 0.05) is 24.8 Å². The molecule has 1 aliphatic rings. The van der Waals surface area contributed by atoms with Crippen molar-refractivity contribution in [3.05, 3.63) is 23.7 Å². The van der Waals surface area contributed by atoms with Crippen LogP contribution in [0.15, 0.2) is 18.5 Å². The Morgan fingerprint density at radius 1 is 1.10 bits per heavy atom. The highest BCUT2D eigenvalue weighted by Crippen LogP contribution is 2.23. The molecule has 0 N–H and O–H groups in total. The average Bonchev–Trinajstić information content (AvgIpc) is 2.55. The van der Waals surface area contributed by atoms with Gasteiger partial charge in [-0.3, -0.25) is 4.98 Å². The molecule has 6 nitrogen and oxygen atoms in total. The molecule has 0 saturated carbocycles. The molecular formula is C14H16ClN5O. The van der Waals surface area contributed by atoms with Gasteiger partial charge in [-0.25, -0.2) is 0 Å². The van der Waals surface area contributed by atoms with Crippen molar-refractivity contribution in [3.8, 4) is 17.1 Å². The zero-order valence-corrected chi connectivity index (χ0v) is 12.5. The van der Waals surface area contributed by atoms with Gasteiger partial charge in [-0.15, -0.1) is 0 Å². The van der Waals surface area contributed by atoms with Gasteiger partial charge >= 0.3 is 0 Å². The minimum atomic E-state index is 0.198. The quantitative estimate of drug-likeness (QED) is 0.868. The van der Waals surface area contributed by atoms with Crippen LogP contribution in [0.25, 0.3) is 11.4 Å². The summed E-state index contributed by atoms with van der Waals surface area (Å²) in [6.07, 6.45) is 6.88. The van der Waals surface area contributed by atoms with Gasteiger partial charge in [0.05, 0.1) is 13.3 Å². The van der Waals surface area contributed by atoms with Gasteiger partial charge in [0.15, 0.2) is 5.82 Å². The standard InChI is InChI=1S/C14H16ClN5O/c1-21-11-7-10(8-16-9-11)12-17-13(15)19-14(18-12)20-5-3-2-4-6-20/h7-9H,2-6H2,1H3. The molecule has 0 atom stereocenters. The third-order valence-corrected chi connectivity index (χ3v) is 3.61. The summed E-state index contributed by atoms with van der Waals surface area (Å²) in [4.78, 5) is 19.2. The summed E-state index contributed by atoms with van der Waals surface area (Å²) in [5, 5.41) is 0.198. The van der Waals surface area contributed by atoms with Crippen LogP contribution in [0.5, 0.6) is 5.75 Å². The van der Waals surface area contributed by atoms with E-state index in [1.807, 2.05) is 6.07 Å². The third kappa shape index (κ3) is 3.21. The van der Waals surface area contributed by atoms with Crippen molar-refractivity contribution in [3.63, 3.8) is 0 Å². The molecule has 1 aliphatic heterocycles. The first-order valence-corrected chi connectivity index (χ1v) is 7.30. The number of hydrogen-bond donors (Lipinski definition) is 0. The molecule has 0 aliphatic carbocycles. The fourth-order valence-corrected chi connectivity index (χ4v) is 2.51. The largest absolute Gasteiger partial charge is 0.495 e. The Hall–Kier alpha value is -1.95. The van der Waals surface area contributed by atoms with E-state index in [2.05, 4.69) is 24.8 Å². The first-order valence-electron chi connectivity index (χ1n) is 6.92. The van der Waals surface area contributed by atoms with Gasteiger partial charge in [0.25, 0.3) is 0 Å². The lowest BCUT2D eigenvalue weighted by atomic mass is 10.1. The number of nitrogens with zero attached hydrogens (tertiary/aromatic N) is 5. The van der Waals surface area contributed by atoms with Gasteiger partial charge < -0.3 is 9.64 Å². The Morgan fingerprint density at radius 3 is 2.67 bits per heavy atom. The second-order valence-electron chi connectivity index (χ2n) is 4.89. The number of rotatable bonds is 3. The monoisotopic (exact) mass is 305 g/mol. The lowest BCUT2D eigenvalue weighted by Crippen LogP contribution is -2.31. The SMILES string of the molecule is COc1cncc(-c2nc(Cl)nc(N3CCCCC3)n2)c1. The number of anilines is 1. The van der Waals surface area contributed by atoms with Crippen molar-refractivity contribution in [2.45, 2.75) is 19.3 Å². The zero-order valence-electron chi connectivity index (χ0n) is 11.8. The Balaban J connectivity index is 1.96.